The number of Topliss-reactive ketones (excluding diaryl/α,β-unsaturated/α-hetero) is 1. The molecule has 0 unspecified atom stereocenters. The van der Waals surface area contributed by atoms with Crippen LogP contribution in [0.5, 0.6) is 5.75 Å². The number of aromatic nitrogens is 1. The largest absolute Gasteiger partial charge is 0.496 e. The smallest absolute Gasteiger partial charge is 0.255 e. The molecule has 1 amide bonds. The van der Waals surface area contributed by atoms with Crippen molar-refractivity contribution in [3.05, 3.63) is 58.7 Å². The molecule has 1 aliphatic rings. The third kappa shape index (κ3) is 6.65. The molecule has 0 bridgehead atoms. The van der Waals surface area contributed by atoms with Crippen LogP contribution in [-0.4, -0.2) is 54.4 Å². The summed E-state index contributed by atoms with van der Waals surface area (Å²) >= 11 is 6.09. The van der Waals surface area contributed by atoms with Crippen molar-refractivity contribution in [2.45, 2.75) is 38.5 Å². The fourth-order valence-electron chi connectivity index (χ4n) is 5.16. The molecule has 2 aromatic carbocycles. The summed E-state index contributed by atoms with van der Waals surface area (Å²) in [7, 11) is 3.50. The number of carbonyl (C=O) groups excluding carboxylic acids is 2. The number of carbonyl (C=O) groups is 2. The van der Waals surface area contributed by atoms with Gasteiger partial charge in [-0.15, -0.1) is 0 Å². The number of halogens is 1. The van der Waals surface area contributed by atoms with Gasteiger partial charge < -0.3 is 25.3 Å². The molecule has 3 N–H and O–H groups in total. The Balaban J connectivity index is 1.13. The van der Waals surface area contributed by atoms with Gasteiger partial charge in [0.1, 0.15) is 5.75 Å². The summed E-state index contributed by atoms with van der Waals surface area (Å²) in [6, 6.07) is 11.2. The Hall–Kier alpha value is -3.03. The van der Waals surface area contributed by atoms with Crippen LogP contribution < -0.4 is 15.8 Å². The number of rotatable bonds is 11. The van der Waals surface area contributed by atoms with Gasteiger partial charge in [-0.2, -0.15) is 0 Å². The van der Waals surface area contributed by atoms with Gasteiger partial charge >= 0.3 is 0 Å². The molecular formula is C29H37ClN4O3. The first-order valence-electron chi connectivity index (χ1n) is 13.1. The van der Waals surface area contributed by atoms with E-state index in [1.807, 2.05) is 36.0 Å². The molecule has 4 rings (SSSR count). The Bertz CT molecular complexity index is 1250. The Morgan fingerprint density at radius 1 is 1.11 bits per heavy atom. The molecule has 8 heteroatoms. The molecule has 0 saturated carbocycles. The Kier molecular flexibility index (Phi) is 9.11. The summed E-state index contributed by atoms with van der Waals surface area (Å²) in [5.41, 5.74) is 8.54. The van der Waals surface area contributed by atoms with E-state index < -0.39 is 0 Å². The number of nitrogens with zero attached hydrogens (tertiary/aromatic N) is 2. The fourth-order valence-corrected chi connectivity index (χ4v) is 5.32. The van der Waals surface area contributed by atoms with Gasteiger partial charge in [0.2, 0.25) is 0 Å². The van der Waals surface area contributed by atoms with Crippen LogP contribution in [0.15, 0.2) is 42.6 Å². The number of para-hydroxylation sites is 1. The Morgan fingerprint density at radius 3 is 2.62 bits per heavy atom. The van der Waals surface area contributed by atoms with E-state index in [9.17, 15) is 9.59 Å². The molecule has 0 spiro atoms. The lowest BCUT2D eigenvalue weighted by atomic mass is 9.96. The van der Waals surface area contributed by atoms with E-state index in [4.69, 9.17) is 22.1 Å². The van der Waals surface area contributed by atoms with Gasteiger partial charge in [0, 0.05) is 48.7 Å². The second kappa shape index (κ2) is 12.5. The fraction of sp³-hybridized carbons (Fsp3) is 0.448. The van der Waals surface area contributed by atoms with E-state index in [-0.39, 0.29) is 11.7 Å². The summed E-state index contributed by atoms with van der Waals surface area (Å²) in [5, 5.41) is 4.42. The number of piperidine rings is 1. The number of benzene rings is 2. The first kappa shape index (κ1) is 27.0. The molecule has 1 aromatic heterocycles. The summed E-state index contributed by atoms with van der Waals surface area (Å²) in [6.07, 6.45) is 7.74. The zero-order valence-corrected chi connectivity index (χ0v) is 22.5. The van der Waals surface area contributed by atoms with Crippen molar-refractivity contribution in [1.29, 1.82) is 0 Å². The molecule has 2 heterocycles. The first-order valence-corrected chi connectivity index (χ1v) is 13.5. The molecule has 7 nitrogen and oxygen atoms in total. The van der Waals surface area contributed by atoms with Gasteiger partial charge in [-0.1, -0.05) is 36.2 Å². The number of nitrogens with one attached hydrogen (secondary N) is 1. The van der Waals surface area contributed by atoms with Crippen molar-refractivity contribution in [2.75, 3.05) is 39.0 Å². The Labute approximate surface area is 223 Å². The molecule has 1 aliphatic heterocycles. The minimum absolute atomic E-state index is 0.195. The van der Waals surface area contributed by atoms with E-state index in [2.05, 4.69) is 16.3 Å². The van der Waals surface area contributed by atoms with Crippen molar-refractivity contribution < 1.29 is 14.3 Å². The predicted octanol–water partition coefficient (Wildman–Crippen LogP) is 5.31. The highest BCUT2D eigenvalue weighted by Gasteiger charge is 2.21. The molecule has 1 fully saturated rings. The number of ether oxygens (including phenoxy) is 1. The monoisotopic (exact) mass is 524 g/mol. The number of amides is 1. The van der Waals surface area contributed by atoms with Gasteiger partial charge in [-0.3, -0.25) is 9.59 Å². The zero-order chi connectivity index (χ0) is 26.4. The number of unbranched alkanes of at least 4 members (excludes halogenated alkanes) is 2. The third-order valence-electron chi connectivity index (χ3n) is 7.40. The van der Waals surface area contributed by atoms with Crippen LogP contribution in [0, 0.1) is 5.92 Å². The lowest BCUT2D eigenvalue weighted by Crippen LogP contribution is -2.39. The molecule has 3 aromatic rings. The van der Waals surface area contributed by atoms with Gasteiger partial charge in [-0.05, 0) is 63.4 Å². The second-order valence-corrected chi connectivity index (χ2v) is 10.4. The number of likely N-dealkylation sites (tertiary alicyclic amines) is 1. The predicted molar refractivity (Wildman–Crippen MR) is 150 cm³/mol. The Morgan fingerprint density at radius 2 is 1.86 bits per heavy atom. The number of hydrogen-bond acceptors (Lipinski definition) is 5. The second-order valence-electron chi connectivity index (χ2n) is 9.97. The van der Waals surface area contributed by atoms with E-state index in [1.54, 1.807) is 12.1 Å². The average molecular weight is 525 g/mol. The van der Waals surface area contributed by atoms with Crippen molar-refractivity contribution in [1.82, 2.24) is 14.8 Å². The van der Waals surface area contributed by atoms with Crippen LogP contribution in [0.4, 0.5) is 5.69 Å². The van der Waals surface area contributed by atoms with Gasteiger partial charge in [-0.25, -0.2) is 0 Å². The topological polar surface area (TPSA) is 89.6 Å². The maximum atomic E-state index is 12.8. The first-order chi connectivity index (χ1) is 17.9. The highest BCUT2D eigenvalue weighted by molar-refractivity contribution is 6.33. The number of ketones is 1. The zero-order valence-electron chi connectivity index (χ0n) is 21.8. The summed E-state index contributed by atoms with van der Waals surface area (Å²) in [5.74, 6) is 0.916. The number of nitrogen functional groups attached to an aromatic ring is 1. The van der Waals surface area contributed by atoms with Crippen LogP contribution in [0.1, 0.15) is 59.2 Å². The highest BCUT2D eigenvalue weighted by atomic mass is 35.5. The maximum Gasteiger partial charge on any atom is 0.255 e. The third-order valence-corrected chi connectivity index (χ3v) is 7.72. The number of aryl methyl sites for hydroxylation is 1. The van der Waals surface area contributed by atoms with Crippen LogP contribution in [0.25, 0.3) is 10.9 Å². The lowest BCUT2D eigenvalue weighted by Gasteiger charge is -2.32. The van der Waals surface area contributed by atoms with E-state index in [0.717, 1.165) is 68.2 Å². The molecule has 0 radical (unpaired) electrons. The minimum atomic E-state index is -0.195. The van der Waals surface area contributed by atoms with Crippen molar-refractivity contribution >= 4 is 39.9 Å². The van der Waals surface area contributed by atoms with Gasteiger partial charge in [0.05, 0.1) is 23.4 Å². The summed E-state index contributed by atoms with van der Waals surface area (Å²) in [6.45, 7) is 3.76. The number of anilines is 1. The van der Waals surface area contributed by atoms with Crippen LogP contribution in [0.3, 0.4) is 0 Å². The van der Waals surface area contributed by atoms with E-state index >= 15 is 0 Å². The molecule has 0 aliphatic carbocycles. The number of hydrogen-bond donors (Lipinski definition) is 2. The average Bonchev–Trinajstić information content (AvgIpc) is 3.25. The molecule has 198 valence electrons. The number of fused-ring (bicyclic) bond motifs is 1. The van der Waals surface area contributed by atoms with Crippen LogP contribution >= 0.6 is 11.6 Å². The molecular weight excluding hydrogens is 488 g/mol. The molecule has 0 atom stereocenters. The summed E-state index contributed by atoms with van der Waals surface area (Å²) < 4.78 is 7.32. The van der Waals surface area contributed by atoms with Crippen molar-refractivity contribution in [3.63, 3.8) is 0 Å². The van der Waals surface area contributed by atoms with Gasteiger partial charge in [0.25, 0.3) is 5.91 Å². The maximum absolute atomic E-state index is 12.8. The van der Waals surface area contributed by atoms with Crippen LogP contribution in [-0.2, 0) is 7.05 Å². The molecule has 1 saturated heterocycles. The van der Waals surface area contributed by atoms with Crippen molar-refractivity contribution in [3.8, 4) is 5.75 Å². The number of methoxy groups -OCH3 is 1. The minimum Gasteiger partial charge on any atom is -0.496 e. The summed E-state index contributed by atoms with van der Waals surface area (Å²) in [4.78, 5) is 27.9. The van der Waals surface area contributed by atoms with E-state index in [1.165, 1.54) is 7.11 Å². The van der Waals surface area contributed by atoms with Crippen molar-refractivity contribution in [2.24, 2.45) is 13.0 Å². The standard InChI is InChI=1S/C29H37ClN4O3/c1-33-19-23(21-8-5-6-9-26(21)33)27(35)10-4-3-7-13-34-14-11-20(12-15-34)18-32-29(36)22-16-24(30)25(31)17-28(22)37-2/h5-6,8-9,16-17,19-20H,3-4,7,10-15,18,31H2,1-2H3,(H,32,36). The quantitative estimate of drug-likeness (QED) is 0.202. The molecule has 37 heavy (non-hydrogen) atoms. The van der Waals surface area contributed by atoms with E-state index in [0.29, 0.717) is 40.9 Å². The normalized spacial score (nSPS) is 14.7. The SMILES string of the molecule is COc1cc(N)c(Cl)cc1C(=O)NCC1CCN(CCCCCC(=O)c2cn(C)c3ccccc23)CC1. The number of nitrogens with two attached hydrogens (primary N) is 1. The lowest BCUT2D eigenvalue weighted by molar-refractivity contribution is 0.0932. The van der Waals surface area contributed by atoms with Gasteiger partial charge in [0.15, 0.2) is 5.78 Å². The highest BCUT2D eigenvalue weighted by Crippen LogP contribution is 2.29. The van der Waals surface area contributed by atoms with Crippen LogP contribution in [0.2, 0.25) is 5.02 Å².